The maximum atomic E-state index is 8.76. The molecular formula is C13H6Cl5N3. The fourth-order valence-electron chi connectivity index (χ4n) is 1.75. The molecule has 1 heterocycles. The van der Waals surface area contributed by atoms with Crippen molar-refractivity contribution < 1.29 is 0 Å². The van der Waals surface area contributed by atoms with Crippen molar-refractivity contribution in [2.75, 3.05) is 5.73 Å². The van der Waals surface area contributed by atoms with E-state index in [0.29, 0.717) is 16.7 Å². The molecule has 0 radical (unpaired) electrons. The fraction of sp³-hybridized carbons (Fsp3) is 0.0769. The summed E-state index contributed by atoms with van der Waals surface area (Å²) in [5.74, 6) is 0.190. The lowest BCUT2D eigenvalue weighted by Crippen LogP contribution is -1.98. The molecule has 2 aromatic rings. The molecule has 1 aromatic carbocycles. The lowest BCUT2D eigenvalue weighted by atomic mass is 10.0. The lowest BCUT2D eigenvalue weighted by molar-refractivity contribution is 1.20. The number of nitrogen functional groups attached to an aromatic ring is 1. The topological polar surface area (TPSA) is 62.7 Å². The predicted molar refractivity (Wildman–Crippen MR) is 88.5 cm³/mol. The third-order valence-electron chi connectivity index (χ3n) is 2.74. The number of nitrogens with zero attached hydrogens (tertiary/aromatic N) is 2. The van der Waals surface area contributed by atoms with E-state index in [1.54, 1.807) is 6.07 Å². The van der Waals surface area contributed by atoms with Gasteiger partial charge in [-0.2, -0.15) is 5.26 Å². The minimum atomic E-state index is 0.0665. The third kappa shape index (κ3) is 3.01. The van der Waals surface area contributed by atoms with E-state index in [0.717, 1.165) is 0 Å². The van der Waals surface area contributed by atoms with E-state index in [4.69, 9.17) is 69.0 Å². The zero-order chi connectivity index (χ0) is 15.7. The van der Waals surface area contributed by atoms with Gasteiger partial charge >= 0.3 is 0 Å². The van der Waals surface area contributed by atoms with Crippen molar-refractivity contribution >= 4 is 63.8 Å². The Kier molecular flexibility index (Phi) is 5.08. The first-order valence-corrected chi connectivity index (χ1v) is 7.40. The van der Waals surface area contributed by atoms with Gasteiger partial charge in [0.1, 0.15) is 5.82 Å². The van der Waals surface area contributed by atoms with Crippen molar-refractivity contribution in [3.63, 3.8) is 0 Å². The summed E-state index contributed by atoms with van der Waals surface area (Å²) in [5, 5.41) is 9.23. The van der Waals surface area contributed by atoms with Crippen LogP contribution in [-0.2, 0) is 6.42 Å². The summed E-state index contributed by atoms with van der Waals surface area (Å²) < 4.78 is 0. The van der Waals surface area contributed by atoms with Crippen LogP contribution in [0.3, 0.4) is 0 Å². The van der Waals surface area contributed by atoms with Gasteiger partial charge in [0.2, 0.25) is 0 Å². The SMILES string of the molecule is N#CCc1cnc(N)c(-c2c(Cl)c(Cl)c(Cl)c(Cl)c2Cl)c1. The summed E-state index contributed by atoms with van der Waals surface area (Å²) in [6.45, 7) is 0. The van der Waals surface area contributed by atoms with Gasteiger partial charge in [-0.1, -0.05) is 58.0 Å². The number of pyridine rings is 1. The highest BCUT2D eigenvalue weighted by molar-refractivity contribution is 6.56. The Morgan fingerprint density at radius 3 is 2.05 bits per heavy atom. The first kappa shape index (κ1) is 16.5. The summed E-state index contributed by atoms with van der Waals surface area (Å²) in [7, 11) is 0. The van der Waals surface area contributed by atoms with Gasteiger partial charge in [0, 0.05) is 17.3 Å². The molecule has 1 aromatic heterocycles. The van der Waals surface area contributed by atoms with Crippen molar-refractivity contribution in [3.8, 4) is 17.2 Å². The van der Waals surface area contributed by atoms with E-state index in [-0.39, 0.29) is 37.4 Å². The lowest BCUT2D eigenvalue weighted by Gasteiger charge is -2.14. The van der Waals surface area contributed by atoms with Gasteiger partial charge in [0.15, 0.2) is 0 Å². The first-order valence-electron chi connectivity index (χ1n) is 5.51. The average molecular weight is 381 g/mol. The predicted octanol–water partition coefficient (Wildman–Crippen LogP) is 5.66. The largest absolute Gasteiger partial charge is 0.383 e. The molecular weight excluding hydrogens is 375 g/mol. The van der Waals surface area contributed by atoms with Crippen LogP contribution >= 0.6 is 58.0 Å². The number of anilines is 1. The molecule has 0 saturated heterocycles. The van der Waals surface area contributed by atoms with Crippen molar-refractivity contribution in [2.24, 2.45) is 0 Å². The highest BCUT2D eigenvalue weighted by Gasteiger charge is 2.22. The number of nitriles is 1. The normalized spacial score (nSPS) is 10.5. The van der Waals surface area contributed by atoms with E-state index in [1.807, 2.05) is 6.07 Å². The molecule has 0 atom stereocenters. The molecule has 0 unspecified atom stereocenters. The van der Waals surface area contributed by atoms with Crippen LogP contribution in [0.15, 0.2) is 12.3 Å². The van der Waals surface area contributed by atoms with Gasteiger partial charge < -0.3 is 5.73 Å². The van der Waals surface area contributed by atoms with E-state index < -0.39 is 0 Å². The second-order valence-electron chi connectivity index (χ2n) is 4.06. The van der Waals surface area contributed by atoms with Gasteiger partial charge in [0.05, 0.1) is 37.6 Å². The quantitative estimate of drug-likeness (QED) is 0.539. The molecule has 0 aliphatic heterocycles. The molecule has 108 valence electrons. The molecule has 0 fully saturated rings. The minimum absolute atomic E-state index is 0.0665. The number of hydrogen-bond acceptors (Lipinski definition) is 3. The molecule has 2 rings (SSSR count). The van der Waals surface area contributed by atoms with Crippen LogP contribution in [0.25, 0.3) is 11.1 Å². The molecule has 0 amide bonds. The fourth-order valence-corrected chi connectivity index (χ4v) is 3.09. The highest BCUT2D eigenvalue weighted by Crippen LogP contribution is 2.49. The standard InChI is InChI=1S/C13H6Cl5N3/c14-8-7(9(15)11(17)12(18)10(8)16)6-3-5(1-2-19)4-21-13(6)20/h3-4H,1H2,(H2,20,21). The van der Waals surface area contributed by atoms with E-state index in [2.05, 4.69) is 4.98 Å². The summed E-state index contributed by atoms with van der Waals surface area (Å²) in [5.41, 5.74) is 7.30. The number of aromatic nitrogens is 1. The molecule has 0 bridgehead atoms. The Morgan fingerprint density at radius 2 is 1.52 bits per heavy atom. The molecule has 8 heteroatoms. The molecule has 0 spiro atoms. The number of benzene rings is 1. The molecule has 0 saturated carbocycles. The van der Waals surface area contributed by atoms with Gasteiger partial charge in [0.25, 0.3) is 0 Å². The van der Waals surface area contributed by atoms with Crippen LogP contribution in [0.1, 0.15) is 5.56 Å². The molecule has 3 nitrogen and oxygen atoms in total. The molecule has 21 heavy (non-hydrogen) atoms. The summed E-state index contributed by atoms with van der Waals surface area (Å²) in [4.78, 5) is 4.03. The maximum Gasteiger partial charge on any atom is 0.131 e. The Balaban J connectivity index is 2.79. The molecule has 0 aliphatic carbocycles. The van der Waals surface area contributed by atoms with Crippen molar-refractivity contribution in [1.29, 1.82) is 5.26 Å². The van der Waals surface area contributed by atoms with Crippen LogP contribution in [0.5, 0.6) is 0 Å². The number of rotatable bonds is 2. The van der Waals surface area contributed by atoms with Gasteiger partial charge in [-0.05, 0) is 11.6 Å². The Bertz CT molecular complexity index is 738. The zero-order valence-corrected chi connectivity index (χ0v) is 14.0. The smallest absolute Gasteiger partial charge is 0.131 e. The summed E-state index contributed by atoms with van der Waals surface area (Å²) >= 11 is 30.4. The first-order chi connectivity index (χ1) is 9.88. The average Bonchev–Trinajstić information content (AvgIpc) is 2.47. The van der Waals surface area contributed by atoms with Gasteiger partial charge in [-0.3, -0.25) is 0 Å². The second kappa shape index (κ2) is 6.48. The van der Waals surface area contributed by atoms with Crippen molar-refractivity contribution in [1.82, 2.24) is 4.98 Å². The molecule has 2 N–H and O–H groups in total. The van der Waals surface area contributed by atoms with Crippen molar-refractivity contribution in [3.05, 3.63) is 42.9 Å². The summed E-state index contributed by atoms with van der Waals surface area (Å²) in [6, 6.07) is 3.69. The Labute approximate surface area is 146 Å². The maximum absolute atomic E-state index is 8.76. The number of halogens is 5. The van der Waals surface area contributed by atoms with Crippen LogP contribution in [0, 0.1) is 11.3 Å². The monoisotopic (exact) mass is 379 g/mol. The zero-order valence-electron chi connectivity index (χ0n) is 10.2. The Hall–Kier alpha value is -0.890. The minimum Gasteiger partial charge on any atom is -0.383 e. The van der Waals surface area contributed by atoms with Crippen LogP contribution < -0.4 is 5.73 Å². The van der Waals surface area contributed by atoms with Gasteiger partial charge in [-0.15, -0.1) is 0 Å². The molecule has 0 aliphatic rings. The van der Waals surface area contributed by atoms with Crippen LogP contribution in [-0.4, -0.2) is 4.98 Å². The summed E-state index contributed by atoms with van der Waals surface area (Å²) in [6.07, 6.45) is 1.67. The van der Waals surface area contributed by atoms with Crippen molar-refractivity contribution in [2.45, 2.75) is 6.42 Å². The van der Waals surface area contributed by atoms with E-state index in [1.165, 1.54) is 6.20 Å². The number of hydrogen-bond donors (Lipinski definition) is 1. The second-order valence-corrected chi connectivity index (χ2v) is 5.95. The van der Waals surface area contributed by atoms with E-state index >= 15 is 0 Å². The number of nitrogens with two attached hydrogens (primary N) is 1. The Morgan fingerprint density at radius 1 is 1.00 bits per heavy atom. The van der Waals surface area contributed by atoms with Crippen LogP contribution in [0.2, 0.25) is 25.1 Å². The van der Waals surface area contributed by atoms with Crippen LogP contribution in [0.4, 0.5) is 5.82 Å². The van der Waals surface area contributed by atoms with Gasteiger partial charge in [-0.25, -0.2) is 4.98 Å². The van der Waals surface area contributed by atoms with E-state index in [9.17, 15) is 0 Å². The highest BCUT2D eigenvalue weighted by atomic mass is 35.5. The third-order valence-corrected chi connectivity index (χ3v) is 5.01.